The lowest BCUT2D eigenvalue weighted by molar-refractivity contribution is -0.127. The molecule has 8 nitrogen and oxygen atoms in total. The number of carbonyl (C=O) groups is 3. The Morgan fingerprint density at radius 2 is 1.53 bits per heavy atom. The molecule has 1 spiro atoms. The lowest BCUT2D eigenvalue weighted by atomic mass is 9.85. The standard InChI is InChI=1S/C34H37ClN4O4/c1-3-38-33(42)39(30-15-12-27(22-29(30)35)25-8-10-26(11-9-25)31(40)43-2)32(41)34(38)16-20-36(21-17-34)23-24-6-13-28(14-7-24)37-18-4-5-19-37/h6-15,22H,3-5,16-21,23H2,1-2H3. The predicted octanol–water partition coefficient (Wildman–Crippen LogP) is 6.22. The maximum Gasteiger partial charge on any atom is 0.337 e. The molecule has 3 aromatic carbocycles. The van der Waals surface area contributed by atoms with E-state index in [1.807, 2.05) is 25.1 Å². The minimum absolute atomic E-state index is 0.203. The Kier molecular flexibility index (Phi) is 8.16. The molecule has 0 radical (unpaired) electrons. The van der Waals surface area contributed by atoms with Crippen LogP contribution in [-0.4, -0.2) is 73.1 Å². The highest BCUT2D eigenvalue weighted by atomic mass is 35.5. The van der Waals surface area contributed by atoms with Gasteiger partial charge in [0.15, 0.2) is 0 Å². The fourth-order valence-corrected chi connectivity index (χ4v) is 7.02. The molecule has 3 fully saturated rings. The maximum atomic E-state index is 14.1. The van der Waals surface area contributed by atoms with Crippen molar-refractivity contribution in [2.75, 3.05) is 49.6 Å². The summed E-state index contributed by atoms with van der Waals surface area (Å²) in [7, 11) is 1.34. The molecule has 3 amide bonds. The molecule has 224 valence electrons. The Hall–Kier alpha value is -3.88. The second-order valence-corrected chi connectivity index (χ2v) is 12.0. The minimum atomic E-state index is -0.867. The number of benzene rings is 3. The highest BCUT2D eigenvalue weighted by Crippen LogP contribution is 2.42. The van der Waals surface area contributed by atoms with Crippen LogP contribution in [0.5, 0.6) is 0 Å². The zero-order valence-electron chi connectivity index (χ0n) is 24.7. The quantitative estimate of drug-likeness (QED) is 0.237. The van der Waals surface area contributed by atoms with Crippen LogP contribution < -0.4 is 9.80 Å². The number of piperidine rings is 1. The number of rotatable bonds is 7. The van der Waals surface area contributed by atoms with E-state index in [0.717, 1.165) is 43.9 Å². The lowest BCUT2D eigenvalue weighted by Crippen LogP contribution is -2.56. The Balaban J connectivity index is 1.15. The van der Waals surface area contributed by atoms with Crippen molar-refractivity contribution in [2.45, 2.75) is 44.7 Å². The third-order valence-electron chi connectivity index (χ3n) is 9.18. The summed E-state index contributed by atoms with van der Waals surface area (Å²) < 4.78 is 4.77. The molecule has 3 aromatic rings. The van der Waals surface area contributed by atoms with Gasteiger partial charge in [0.25, 0.3) is 5.91 Å². The Morgan fingerprint density at radius 3 is 2.14 bits per heavy atom. The van der Waals surface area contributed by atoms with Crippen molar-refractivity contribution in [3.8, 4) is 11.1 Å². The number of ether oxygens (including phenoxy) is 1. The largest absolute Gasteiger partial charge is 0.465 e. The van der Waals surface area contributed by atoms with E-state index in [1.54, 1.807) is 29.2 Å². The predicted molar refractivity (Wildman–Crippen MR) is 169 cm³/mol. The van der Waals surface area contributed by atoms with Crippen LogP contribution in [0.4, 0.5) is 16.2 Å². The van der Waals surface area contributed by atoms with E-state index < -0.39 is 11.5 Å². The van der Waals surface area contributed by atoms with E-state index in [-0.39, 0.29) is 11.9 Å². The van der Waals surface area contributed by atoms with E-state index >= 15 is 0 Å². The molecular formula is C34H37ClN4O4. The number of imide groups is 1. The fourth-order valence-electron chi connectivity index (χ4n) is 6.76. The van der Waals surface area contributed by atoms with Gasteiger partial charge in [-0.05, 0) is 85.7 Å². The van der Waals surface area contributed by atoms with Gasteiger partial charge in [0.1, 0.15) is 5.54 Å². The molecule has 3 saturated heterocycles. The van der Waals surface area contributed by atoms with Gasteiger partial charge in [-0.15, -0.1) is 0 Å². The van der Waals surface area contributed by atoms with Gasteiger partial charge in [-0.25, -0.2) is 14.5 Å². The number of hydrogen-bond acceptors (Lipinski definition) is 6. The molecule has 0 unspecified atom stereocenters. The number of likely N-dealkylation sites (N-methyl/N-ethyl adjacent to an activating group) is 1. The second-order valence-electron chi connectivity index (χ2n) is 11.6. The summed E-state index contributed by atoms with van der Waals surface area (Å²) in [6.07, 6.45) is 3.68. The van der Waals surface area contributed by atoms with Crippen molar-refractivity contribution >= 4 is 40.9 Å². The van der Waals surface area contributed by atoms with Crippen molar-refractivity contribution in [3.05, 3.63) is 82.9 Å². The van der Waals surface area contributed by atoms with E-state index in [4.69, 9.17) is 16.3 Å². The van der Waals surface area contributed by atoms with Gasteiger partial charge in [-0.2, -0.15) is 0 Å². The first-order chi connectivity index (χ1) is 20.8. The summed E-state index contributed by atoms with van der Waals surface area (Å²) in [5.41, 5.74) is 4.19. The highest BCUT2D eigenvalue weighted by molar-refractivity contribution is 6.36. The first kappa shape index (κ1) is 29.2. The van der Waals surface area contributed by atoms with Crippen molar-refractivity contribution < 1.29 is 19.1 Å². The van der Waals surface area contributed by atoms with Crippen LogP contribution in [0.15, 0.2) is 66.7 Å². The zero-order chi connectivity index (χ0) is 30.1. The molecule has 0 atom stereocenters. The summed E-state index contributed by atoms with van der Waals surface area (Å²) in [6, 6.07) is 20.9. The number of carbonyl (C=O) groups excluding carboxylic acids is 3. The minimum Gasteiger partial charge on any atom is -0.465 e. The number of methoxy groups -OCH3 is 1. The van der Waals surface area contributed by atoms with E-state index in [1.165, 1.54) is 36.1 Å². The van der Waals surface area contributed by atoms with Crippen LogP contribution in [-0.2, 0) is 16.1 Å². The first-order valence-electron chi connectivity index (χ1n) is 15.1. The number of amides is 3. The zero-order valence-corrected chi connectivity index (χ0v) is 25.5. The number of nitrogens with zero attached hydrogens (tertiary/aromatic N) is 4. The van der Waals surface area contributed by atoms with Crippen molar-refractivity contribution in [2.24, 2.45) is 0 Å². The smallest absolute Gasteiger partial charge is 0.337 e. The average molecular weight is 601 g/mol. The molecule has 0 saturated carbocycles. The van der Waals surface area contributed by atoms with Crippen LogP contribution in [0, 0.1) is 0 Å². The Labute approximate surface area is 257 Å². The maximum absolute atomic E-state index is 14.1. The number of halogens is 1. The van der Waals surface area contributed by atoms with Gasteiger partial charge >= 0.3 is 12.0 Å². The van der Waals surface area contributed by atoms with Crippen LogP contribution in [0.3, 0.4) is 0 Å². The normalized spacial score (nSPS) is 18.6. The molecule has 6 rings (SSSR count). The molecular weight excluding hydrogens is 564 g/mol. The number of likely N-dealkylation sites (tertiary alicyclic amines) is 1. The second kappa shape index (κ2) is 12.0. The van der Waals surface area contributed by atoms with Crippen molar-refractivity contribution in [1.82, 2.24) is 9.80 Å². The number of esters is 1. The molecule has 43 heavy (non-hydrogen) atoms. The van der Waals surface area contributed by atoms with Gasteiger partial charge < -0.3 is 14.5 Å². The lowest BCUT2D eigenvalue weighted by Gasteiger charge is -2.41. The molecule has 0 bridgehead atoms. The molecule has 0 N–H and O–H groups in total. The summed E-state index contributed by atoms with van der Waals surface area (Å²) in [4.78, 5) is 47.3. The molecule has 0 aliphatic carbocycles. The molecule has 3 aliphatic heterocycles. The van der Waals surface area contributed by atoms with E-state index in [2.05, 4.69) is 34.1 Å². The van der Waals surface area contributed by atoms with Crippen molar-refractivity contribution in [3.63, 3.8) is 0 Å². The van der Waals surface area contributed by atoms with Gasteiger partial charge in [-0.1, -0.05) is 41.9 Å². The number of urea groups is 1. The summed E-state index contributed by atoms with van der Waals surface area (Å²) >= 11 is 6.73. The third-order valence-corrected chi connectivity index (χ3v) is 9.48. The van der Waals surface area contributed by atoms with E-state index in [9.17, 15) is 14.4 Å². The highest BCUT2D eigenvalue weighted by Gasteiger charge is 2.58. The van der Waals surface area contributed by atoms with Gasteiger partial charge in [0.05, 0.1) is 23.4 Å². The van der Waals surface area contributed by atoms with Crippen LogP contribution >= 0.6 is 11.6 Å². The number of hydrogen-bond donors (Lipinski definition) is 0. The Morgan fingerprint density at radius 1 is 0.884 bits per heavy atom. The first-order valence-corrected chi connectivity index (χ1v) is 15.4. The molecule has 9 heteroatoms. The molecule has 3 aliphatic rings. The molecule has 3 heterocycles. The summed E-state index contributed by atoms with van der Waals surface area (Å²) in [5, 5.41) is 0.319. The SMILES string of the molecule is CCN1C(=O)N(c2ccc(-c3ccc(C(=O)OC)cc3)cc2Cl)C(=O)C12CCN(Cc1ccc(N3CCCC3)cc1)CC2. The fraction of sp³-hybridized carbons (Fsp3) is 0.382. The van der Waals surface area contributed by atoms with Gasteiger partial charge in [0, 0.05) is 45.0 Å². The average Bonchev–Trinajstić information content (AvgIpc) is 3.64. The van der Waals surface area contributed by atoms with Crippen LogP contribution in [0.1, 0.15) is 48.5 Å². The van der Waals surface area contributed by atoms with E-state index in [0.29, 0.717) is 35.7 Å². The molecule has 0 aromatic heterocycles. The van der Waals surface area contributed by atoms with Crippen molar-refractivity contribution in [1.29, 1.82) is 0 Å². The Bertz CT molecular complexity index is 1510. The van der Waals surface area contributed by atoms with Crippen LogP contribution in [0.2, 0.25) is 5.02 Å². The monoisotopic (exact) mass is 600 g/mol. The summed E-state index contributed by atoms with van der Waals surface area (Å²) in [5.74, 6) is -0.608. The summed E-state index contributed by atoms with van der Waals surface area (Å²) in [6.45, 7) is 6.91. The third kappa shape index (κ3) is 5.38. The van der Waals surface area contributed by atoms with Crippen LogP contribution in [0.25, 0.3) is 11.1 Å². The van der Waals surface area contributed by atoms with Gasteiger partial charge in [-0.3, -0.25) is 9.69 Å². The number of anilines is 2. The van der Waals surface area contributed by atoms with Gasteiger partial charge in [0.2, 0.25) is 0 Å². The topological polar surface area (TPSA) is 73.4 Å².